The van der Waals surface area contributed by atoms with Gasteiger partial charge in [-0.3, -0.25) is 14.5 Å². The van der Waals surface area contributed by atoms with E-state index < -0.39 is 35.1 Å². The first kappa shape index (κ1) is 25.9. The van der Waals surface area contributed by atoms with Crippen molar-refractivity contribution in [3.8, 4) is 5.75 Å². The highest BCUT2D eigenvalue weighted by molar-refractivity contribution is 6.51. The Kier molecular flexibility index (Phi) is 7.29. The molecule has 1 aliphatic heterocycles. The van der Waals surface area contributed by atoms with Crippen molar-refractivity contribution in [3.63, 3.8) is 0 Å². The summed E-state index contributed by atoms with van der Waals surface area (Å²) >= 11 is 0. The Hall–Kier alpha value is -4.20. The van der Waals surface area contributed by atoms with Crippen molar-refractivity contribution in [1.29, 1.82) is 0 Å². The maximum absolute atomic E-state index is 14.9. The van der Waals surface area contributed by atoms with Gasteiger partial charge in [0.25, 0.3) is 11.7 Å². The molecule has 1 saturated heterocycles. The summed E-state index contributed by atoms with van der Waals surface area (Å²) in [5.41, 5.74) is 1.79. The number of carbonyl (C=O) groups is 2. The lowest BCUT2D eigenvalue weighted by Gasteiger charge is -2.27. The zero-order chi connectivity index (χ0) is 26.9. The number of halogens is 2. The molecule has 0 aliphatic carbocycles. The molecule has 192 valence electrons. The predicted molar refractivity (Wildman–Crippen MR) is 139 cm³/mol. The molecule has 37 heavy (non-hydrogen) atoms. The van der Waals surface area contributed by atoms with Crippen molar-refractivity contribution >= 4 is 28.8 Å². The standard InChI is InChI=1S/C29H28F2N2O4/c1-5-32(6-2)21-11-7-18(8-12-21)26-25(27(34)19-9-14-24(37-4)17(3)15-19)28(35)29(36)33(26)23-16-20(30)10-13-22(23)31/h7-16,26,34H,5-6H2,1-4H3/b27-25+. The number of anilines is 2. The Bertz CT molecular complexity index is 1380. The molecule has 8 heteroatoms. The minimum absolute atomic E-state index is 0.214. The number of hydrogen-bond donors (Lipinski definition) is 1. The van der Waals surface area contributed by atoms with Gasteiger partial charge < -0.3 is 14.7 Å². The van der Waals surface area contributed by atoms with Crippen LogP contribution in [-0.4, -0.2) is 37.0 Å². The largest absolute Gasteiger partial charge is 0.507 e. The fourth-order valence-electron chi connectivity index (χ4n) is 4.70. The van der Waals surface area contributed by atoms with Crippen LogP contribution in [0.4, 0.5) is 20.2 Å². The van der Waals surface area contributed by atoms with Crippen LogP contribution in [0.3, 0.4) is 0 Å². The van der Waals surface area contributed by atoms with Crippen LogP contribution in [0.5, 0.6) is 5.75 Å². The number of aliphatic hydroxyl groups is 1. The van der Waals surface area contributed by atoms with Gasteiger partial charge in [-0.15, -0.1) is 0 Å². The molecule has 6 nitrogen and oxygen atoms in total. The van der Waals surface area contributed by atoms with Crippen molar-refractivity contribution in [2.75, 3.05) is 30.0 Å². The summed E-state index contributed by atoms with van der Waals surface area (Å²) in [6.07, 6.45) is 0. The molecule has 3 aromatic rings. The van der Waals surface area contributed by atoms with Crippen LogP contribution in [-0.2, 0) is 9.59 Å². The maximum Gasteiger partial charge on any atom is 0.300 e. The van der Waals surface area contributed by atoms with Crippen molar-refractivity contribution in [1.82, 2.24) is 0 Å². The molecule has 1 aliphatic rings. The lowest BCUT2D eigenvalue weighted by atomic mass is 9.94. The quantitative estimate of drug-likeness (QED) is 0.251. The first-order valence-electron chi connectivity index (χ1n) is 12.0. The molecular weight excluding hydrogens is 478 g/mol. The number of rotatable bonds is 7. The van der Waals surface area contributed by atoms with Gasteiger partial charge in [0, 0.05) is 30.4 Å². The van der Waals surface area contributed by atoms with E-state index in [1.54, 1.807) is 37.3 Å². The third-order valence-electron chi connectivity index (χ3n) is 6.62. The van der Waals surface area contributed by atoms with Crippen LogP contribution in [0.1, 0.15) is 36.6 Å². The van der Waals surface area contributed by atoms with E-state index in [2.05, 4.69) is 4.90 Å². The zero-order valence-corrected chi connectivity index (χ0v) is 21.1. The number of methoxy groups -OCH3 is 1. The van der Waals surface area contributed by atoms with E-state index in [-0.39, 0.29) is 11.3 Å². The number of Topliss-reactive ketones (excluding diaryl/α,β-unsaturated/α-hetero) is 1. The van der Waals surface area contributed by atoms with Gasteiger partial charge in [0.15, 0.2) is 0 Å². The van der Waals surface area contributed by atoms with Crippen LogP contribution >= 0.6 is 0 Å². The highest BCUT2D eigenvalue weighted by atomic mass is 19.1. The number of amides is 1. The summed E-state index contributed by atoms with van der Waals surface area (Å²) in [6.45, 7) is 7.38. The van der Waals surface area contributed by atoms with E-state index in [4.69, 9.17) is 4.74 Å². The van der Waals surface area contributed by atoms with Gasteiger partial charge in [-0.25, -0.2) is 8.78 Å². The van der Waals surface area contributed by atoms with Crippen LogP contribution in [0.25, 0.3) is 5.76 Å². The molecule has 4 rings (SSSR count). The predicted octanol–water partition coefficient (Wildman–Crippen LogP) is 5.75. The van der Waals surface area contributed by atoms with Crippen LogP contribution in [0.2, 0.25) is 0 Å². The molecule has 1 atom stereocenters. The second kappa shape index (κ2) is 10.4. The molecule has 0 radical (unpaired) electrons. The molecular formula is C29H28F2N2O4. The SMILES string of the molecule is CCN(CC)c1ccc(C2/C(=C(\O)c3ccc(OC)c(C)c3)C(=O)C(=O)N2c2cc(F)ccc2F)cc1. The van der Waals surface area contributed by atoms with E-state index in [0.717, 1.165) is 41.9 Å². The van der Waals surface area contributed by atoms with Gasteiger partial charge in [0.2, 0.25) is 0 Å². The minimum Gasteiger partial charge on any atom is -0.507 e. The van der Waals surface area contributed by atoms with Gasteiger partial charge >= 0.3 is 0 Å². The summed E-state index contributed by atoms with van der Waals surface area (Å²) in [5.74, 6) is -3.52. The molecule has 1 unspecified atom stereocenters. The van der Waals surface area contributed by atoms with Crippen molar-refractivity contribution in [3.05, 3.63) is 94.6 Å². The number of ether oxygens (including phenoxy) is 1. The number of aryl methyl sites for hydroxylation is 1. The number of carbonyl (C=O) groups excluding carboxylic acids is 2. The fraction of sp³-hybridized carbons (Fsp3) is 0.241. The van der Waals surface area contributed by atoms with Gasteiger partial charge in [-0.05, 0) is 74.4 Å². The van der Waals surface area contributed by atoms with Gasteiger partial charge in [-0.2, -0.15) is 0 Å². The first-order chi connectivity index (χ1) is 17.7. The van der Waals surface area contributed by atoms with Crippen molar-refractivity contribution < 1.29 is 28.2 Å². The highest BCUT2D eigenvalue weighted by Gasteiger charge is 2.47. The number of hydrogen-bond acceptors (Lipinski definition) is 5. The molecule has 1 amide bonds. The van der Waals surface area contributed by atoms with E-state index in [1.165, 1.54) is 7.11 Å². The molecule has 0 saturated carbocycles. The summed E-state index contributed by atoms with van der Waals surface area (Å²) in [6, 6.07) is 13.5. The molecule has 1 fully saturated rings. The van der Waals surface area contributed by atoms with E-state index in [0.29, 0.717) is 22.4 Å². The molecule has 0 bridgehead atoms. The van der Waals surface area contributed by atoms with Gasteiger partial charge in [-0.1, -0.05) is 12.1 Å². The summed E-state index contributed by atoms with van der Waals surface area (Å²) in [5, 5.41) is 11.3. The molecule has 3 aromatic carbocycles. The highest BCUT2D eigenvalue weighted by Crippen LogP contribution is 2.43. The maximum atomic E-state index is 14.9. The minimum atomic E-state index is -1.18. The normalized spacial score (nSPS) is 16.8. The first-order valence-corrected chi connectivity index (χ1v) is 12.0. The van der Waals surface area contributed by atoms with E-state index in [9.17, 15) is 23.5 Å². The molecule has 0 aromatic heterocycles. The zero-order valence-electron chi connectivity index (χ0n) is 21.1. The summed E-state index contributed by atoms with van der Waals surface area (Å²) in [7, 11) is 1.52. The monoisotopic (exact) mass is 506 g/mol. The van der Waals surface area contributed by atoms with Crippen molar-refractivity contribution in [2.45, 2.75) is 26.8 Å². The fourth-order valence-corrected chi connectivity index (χ4v) is 4.70. The van der Waals surface area contributed by atoms with Crippen molar-refractivity contribution in [2.24, 2.45) is 0 Å². The molecule has 1 heterocycles. The number of nitrogens with zero attached hydrogens (tertiary/aromatic N) is 2. The van der Waals surface area contributed by atoms with E-state index in [1.807, 2.05) is 26.0 Å². The second-order valence-electron chi connectivity index (χ2n) is 8.71. The number of ketones is 1. The smallest absolute Gasteiger partial charge is 0.300 e. The Morgan fingerprint density at radius 3 is 2.27 bits per heavy atom. The Morgan fingerprint density at radius 2 is 1.68 bits per heavy atom. The number of aliphatic hydroxyl groups excluding tert-OH is 1. The summed E-state index contributed by atoms with van der Waals surface area (Å²) < 4.78 is 34.3. The Morgan fingerprint density at radius 1 is 1.00 bits per heavy atom. The molecule has 1 N–H and O–H groups in total. The van der Waals surface area contributed by atoms with E-state index >= 15 is 0 Å². The number of benzene rings is 3. The average Bonchev–Trinajstić information content (AvgIpc) is 3.16. The van der Waals surface area contributed by atoms with Gasteiger partial charge in [0.05, 0.1) is 24.4 Å². The second-order valence-corrected chi connectivity index (χ2v) is 8.71. The van der Waals surface area contributed by atoms with Crippen LogP contribution < -0.4 is 14.5 Å². The average molecular weight is 507 g/mol. The Balaban J connectivity index is 1.93. The van der Waals surface area contributed by atoms with Crippen LogP contribution in [0, 0.1) is 18.6 Å². The topological polar surface area (TPSA) is 70.1 Å². The van der Waals surface area contributed by atoms with Gasteiger partial charge in [0.1, 0.15) is 23.1 Å². The molecule has 0 spiro atoms. The third kappa shape index (κ3) is 4.67. The lowest BCUT2D eigenvalue weighted by Crippen LogP contribution is -2.30. The lowest BCUT2D eigenvalue weighted by molar-refractivity contribution is -0.132. The van der Waals surface area contributed by atoms with Crippen LogP contribution in [0.15, 0.2) is 66.2 Å². The third-order valence-corrected chi connectivity index (χ3v) is 6.62. The summed E-state index contributed by atoms with van der Waals surface area (Å²) in [4.78, 5) is 29.6. The Labute approximate surface area is 214 Å².